The van der Waals surface area contributed by atoms with Crippen molar-refractivity contribution < 1.29 is 18.7 Å². The Morgan fingerprint density at radius 2 is 1.74 bits per heavy atom. The van der Waals surface area contributed by atoms with Gasteiger partial charge in [-0.3, -0.25) is 4.79 Å². The average molecular weight is 591 g/mol. The summed E-state index contributed by atoms with van der Waals surface area (Å²) in [6.45, 7) is 8.59. The molecular weight excluding hydrogens is 547 g/mol. The number of piperidine rings is 1. The predicted octanol–water partition coefficient (Wildman–Crippen LogP) is 6.22. The van der Waals surface area contributed by atoms with Crippen LogP contribution < -0.4 is 15.1 Å². The van der Waals surface area contributed by atoms with E-state index in [4.69, 9.17) is 9.72 Å². The van der Waals surface area contributed by atoms with Crippen molar-refractivity contribution in [3.63, 3.8) is 0 Å². The first-order valence-electron chi connectivity index (χ1n) is 15.7. The number of nitrogens with one attached hydrogen (secondary N) is 2. The Kier molecular flexibility index (Phi) is 8.20. The molecule has 0 spiro atoms. The molecule has 0 radical (unpaired) electrons. The van der Waals surface area contributed by atoms with Gasteiger partial charge in [-0.25, -0.2) is 14.2 Å². The molecule has 4 heterocycles. The smallest absolute Gasteiger partial charge is 0.408 e. The van der Waals surface area contributed by atoms with Crippen molar-refractivity contribution in [2.24, 2.45) is 0 Å². The van der Waals surface area contributed by atoms with E-state index >= 15 is 4.39 Å². The third-order valence-electron chi connectivity index (χ3n) is 8.79. The molecule has 3 fully saturated rings. The summed E-state index contributed by atoms with van der Waals surface area (Å²) < 4.78 is 20.5. The molecule has 0 saturated carbocycles. The third-order valence-corrected chi connectivity index (χ3v) is 8.79. The highest BCUT2D eigenvalue weighted by Gasteiger charge is 2.33. The van der Waals surface area contributed by atoms with Crippen molar-refractivity contribution in [3.05, 3.63) is 53.6 Å². The minimum absolute atomic E-state index is 0.118. The number of benzene rings is 2. The number of ether oxygens (including phenoxy) is 1. The summed E-state index contributed by atoms with van der Waals surface area (Å²) in [5.41, 5.74) is 3.96. The van der Waals surface area contributed by atoms with E-state index in [2.05, 4.69) is 38.3 Å². The number of fused-ring (bicyclic) bond motifs is 1. The summed E-state index contributed by atoms with van der Waals surface area (Å²) in [5.74, 6) is 0.458. The number of nitrogens with zero attached hydrogens (tertiary/aromatic N) is 4. The number of aromatic amines is 1. The van der Waals surface area contributed by atoms with Crippen LogP contribution in [-0.4, -0.2) is 65.2 Å². The third kappa shape index (κ3) is 6.43. The molecular formula is C33H43FN6O3. The molecule has 1 aromatic heterocycles. The van der Waals surface area contributed by atoms with E-state index < -0.39 is 11.7 Å². The number of carbonyl (C=O) groups is 2. The van der Waals surface area contributed by atoms with Gasteiger partial charge in [0.1, 0.15) is 23.8 Å². The van der Waals surface area contributed by atoms with Crippen molar-refractivity contribution >= 4 is 34.4 Å². The summed E-state index contributed by atoms with van der Waals surface area (Å²) in [4.78, 5) is 39.7. The van der Waals surface area contributed by atoms with Gasteiger partial charge in [-0.15, -0.1) is 0 Å². The van der Waals surface area contributed by atoms with Gasteiger partial charge in [0.2, 0.25) is 5.91 Å². The van der Waals surface area contributed by atoms with Crippen LogP contribution in [-0.2, 0) is 9.53 Å². The number of hydrogen-bond acceptors (Lipinski definition) is 6. The maximum atomic E-state index is 15.3. The molecule has 2 atom stereocenters. The topological polar surface area (TPSA) is 93.8 Å². The van der Waals surface area contributed by atoms with Crippen LogP contribution in [0.1, 0.15) is 89.2 Å². The number of hydrogen-bond donors (Lipinski definition) is 2. The van der Waals surface area contributed by atoms with Crippen LogP contribution in [0.2, 0.25) is 0 Å². The first-order chi connectivity index (χ1) is 20.7. The lowest BCUT2D eigenvalue weighted by molar-refractivity contribution is -0.131. The first-order valence-corrected chi connectivity index (χ1v) is 15.7. The highest BCUT2D eigenvalue weighted by molar-refractivity contribution is 5.83. The summed E-state index contributed by atoms with van der Waals surface area (Å²) in [5, 5.41) is 2.58. The number of likely N-dealkylation sites (tertiary alicyclic amines) is 1. The molecule has 10 heteroatoms. The first kappa shape index (κ1) is 29.3. The van der Waals surface area contributed by atoms with Crippen molar-refractivity contribution in [2.45, 2.75) is 83.4 Å². The van der Waals surface area contributed by atoms with Crippen LogP contribution >= 0.6 is 0 Å². The van der Waals surface area contributed by atoms with Gasteiger partial charge in [-0.1, -0.05) is 6.07 Å². The Morgan fingerprint density at radius 3 is 2.51 bits per heavy atom. The molecule has 3 aliphatic heterocycles. The minimum atomic E-state index is -0.625. The molecule has 0 unspecified atom stereocenters. The zero-order valence-corrected chi connectivity index (χ0v) is 25.5. The molecule has 2 amide bonds. The number of carbonyl (C=O) groups excluding carboxylic acids is 2. The number of alkyl carbamates (subject to hydrolysis) is 1. The number of rotatable bonds is 6. The van der Waals surface area contributed by atoms with E-state index in [0.717, 1.165) is 80.7 Å². The number of anilines is 2. The van der Waals surface area contributed by atoms with E-state index in [-0.39, 0.29) is 30.4 Å². The maximum absolute atomic E-state index is 15.3. The predicted molar refractivity (Wildman–Crippen MR) is 166 cm³/mol. The van der Waals surface area contributed by atoms with Crippen LogP contribution in [0.25, 0.3) is 11.0 Å². The zero-order chi connectivity index (χ0) is 30.1. The van der Waals surface area contributed by atoms with Crippen molar-refractivity contribution in [3.8, 4) is 0 Å². The molecule has 43 heavy (non-hydrogen) atoms. The second kappa shape index (κ2) is 12.1. The van der Waals surface area contributed by atoms with E-state index in [0.29, 0.717) is 12.2 Å². The number of imidazole rings is 1. The van der Waals surface area contributed by atoms with Crippen LogP contribution in [0, 0.1) is 5.82 Å². The normalized spacial score (nSPS) is 21.1. The van der Waals surface area contributed by atoms with Gasteiger partial charge in [-0.2, -0.15) is 0 Å². The van der Waals surface area contributed by atoms with Gasteiger partial charge in [-0.05, 0) is 102 Å². The van der Waals surface area contributed by atoms with Crippen LogP contribution in [0.4, 0.5) is 20.6 Å². The quantitative estimate of drug-likeness (QED) is 0.354. The number of aromatic nitrogens is 2. The molecule has 2 aromatic carbocycles. The average Bonchev–Trinajstić information content (AvgIpc) is 3.74. The van der Waals surface area contributed by atoms with Gasteiger partial charge >= 0.3 is 6.09 Å². The lowest BCUT2D eigenvalue weighted by Crippen LogP contribution is -2.41. The van der Waals surface area contributed by atoms with Crippen molar-refractivity contribution in [2.75, 3.05) is 42.5 Å². The Bertz CT molecular complexity index is 1480. The van der Waals surface area contributed by atoms with Gasteiger partial charge in [0, 0.05) is 31.9 Å². The molecule has 3 aromatic rings. The molecule has 3 saturated heterocycles. The Labute approximate surface area is 252 Å². The largest absolute Gasteiger partial charge is 0.444 e. The highest BCUT2D eigenvalue weighted by atomic mass is 19.1. The molecule has 2 N–H and O–H groups in total. The summed E-state index contributed by atoms with van der Waals surface area (Å²) in [6, 6.07) is 12.0. The Balaban J connectivity index is 1.16. The van der Waals surface area contributed by atoms with Crippen molar-refractivity contribution in [1.29, 1.82) is 0 Å². The van der Waals surface area contributed by atoms with E-state index in [1.54, 1.807) is 31.7 Å². The lowest BCUT2D eigenvalue weighted by atomic mass is 10.0. The zero-order valence-electron chi connectivity index (χ0n) is 25.5. The number of halogens is 1. The SMILES string of the molecule is CC(C)(C)OC(=O)NCC(=O)N1CCC[C@H]1c1nc2ccc([C@@H]3CCCN3c3ccc(N4CCCCC4)c(F)c3)cc2[nH]1. The van der Waals surface area contributed by atoms with Gasteiger partial charge < -0.3 is 29.7 Å². The fourth-order valence-electron chi connectivity index (χ4n) is 6.81. The van der Waals surface area contributed by atoms with Crippen molar-refractivity contribution in [1.82, 2.24) is 20.2 Å². The standard InChI is InChI=1S/C33H43FN6O3/c1-33(2,3)43-32(42)35-21-30(41)40-18-8-10-29(40)31-36-25-13-11-22(19-26(25)37-31)27-9-7-17-39(27)23-12-14-28(24(34)20-23)38-15-5-4-6-16-38/h11-14,19-20,27,29H,4-10,15-18,21H2,1-3H3,(H,35,42)(H,36,37)/t27-,29-/m0/s1. The second-order valence-corrected chi connectivity index (χ2v) is 13.0. The van der Waals surface area contributed by atoms with E-state index in [1.165, 1.54) is 12.0 Å². The van der Waals surface area contributed by atoms with Gasteiger partial charge in [0.25, 0.3) is 0 Å². The number of amides is 2. The van der Waals surface area contributed by atoms with Gasteiger partial charge in [0.15, 0.2) is 0 Å². The molecule has 6 rings (SSSR count). The second-order valence-electron chi connectivity index (χ2n) is 13.0. The van der Waals surface area contributed by atoms with E-state index in [9.17, 15) is 9.59 Å². The molecule has 0 bridgehead atoms. The molecule has 9 nitrogen and oxygen atoms in total. The molecule has 0 aliphatic carbocycles. The van der Waals surface area contributed by atoms with Crippen LogP contribution in [0.15, 0.2) is 36.4 Å². The molecule has 230 valence electrons. The Hall–Kier alpha value is -3.82. The fourth-order valence-corrected chi connectivity index (χ4v) is 6.81. The summed E-state index contributed by atoms with van der Waals surface area (Å²) in [7, 11) is 0. The summed E-state index contributed by atoms with van der Waals surface area (Å²) in [6.07, 6.45) is 6.57. The van der Waals surface area contributed by atoms with Crippen LogP contribution in [0.5, 0.6) is 0 Å². The van der Waals surface area contributed by atoms with Crippen LogP contribution in [0.3, 0.4) is 0 Å². The Morgan fingerprint density at radius 1 is 0.977 bits per heavy atom. The molecule has 3 aliphatic rings. The summed E-state index contributed by atoms with van der Waals surface area (Å²) >= 11 is 0. The van der Waals surface area contributed by atoms with Gasteiger partial charge in [0.05, 0.1) is 28.8 Å². The highest BCUT2D eigenvalue weighted by Crippen LogP contribution is 2.39. The number of H-pyrrole nitrogens is 1. The monoisotopic (exact) mass is 590 g/mol. The fraction of sp³-hybridized carbons (Fsp3) is 0.545. The lowest BCUT2D eigenvalue weighted by Gasteiger charge is -2.31. The minimum Gasteiger partial charge on any atom is -0.444 e. The van der Waals surface area contributed by atoms with E-state index in [1.807, 2.05) is 12.1 Å². The maximum Gasteiger partial charge on any atom is 0.408 e.